The predicted molar refractivity (Wildman–Crippen MR) is 76.7 cm³/mol. The van der Waals surface area contributed by atoms with Gasteiger partial charge in [0, 0.05) is 37.9 Å². The molecule has 0 amide bonds. The second kappa shape index (κ2) is 6.05. The molecule has 0 spiro atoms. The van der Waals surface area contributed by atoms with Crippen molar-refractivity contribution in [3.63, 3.8) is 0 Å². The minimum absolute atomic E-state index is 0.623. The van der Waals surface area contributed by atoms with Crippen LogP contribution in [0.15, 0.2) is 22.7 Å². The first-order chi connectivity index (χ1) is 9.88. The molecule has 0 radical (unpaired) electrons. The van der Waals surface area contributed by atoms with Crippen molar-refractivity contribution in [1.29, 1.82) is 0 Å². The number of benzene rings is 1. The molecule has 20 heavy (non-hydrogen) atoms. The van der Waals surface area contributed by atoms with Gasteiger partial charge in [-0.15, -0.1) is 0 Å². The van der Waals surface area contributed by atoms with Crippen molar-refractivity contribution in [2.45, 2.75) is 25.7 Å². The van der Waals surface area contributed by atoms with Gasteiger partial charge in [0.25, 0.3) is 5.89 Å². The molecule has 106 valence electrons. The molecular formula is C15H19N3O2. The first kappa shape index (κ1) is 13.1. The summed E-state index contributed by atoms with van der Waals surface area (Å²) >= 11 is 0. The number of nitrogens with one attached hydrogen (secondary N) is 1. The number of hydrogen-bond acceptors (Lipinski definition) is 5. The molecule has 1 N–H and O–H groups in total. The van der Waals surface area contributed by atoms with Crippen molar-refractivity contribution in [3.8, 4) is 11.5 Å². The zero-order valence-electron chi connectivity index (χ0n) is 11.7. The minimum Gasteiger partial charge on any atom is -0.385 e. The highest BCUT2D eigenvalue weighted by molar-refractivity contribution is 5.69. The number of anilines is 1. The third-order valence-electron chi connectivity index (χ3n) is 3.54. The predicted octanol–water partition coefficient (Wildman–Crippen LogP) is 2.67. The van der Waals surface area contributed by atoms with Crippen LogP contribution in [-0.2, 0) is 17.6 Å². The molecule has 1 aliphatic rings. The average Bonchev–Trinajstić information content (AvgIpc) is 2.96. The van der Waals surface area contributed by atoms with E-state index in [1.54, 1.807) is 7.11 Å². The summed E-state index contributed by atoms with van der Waals surface area (Å²) in [4.78, 5) is 4.50. The van der Waals surface area contributed by atoms with Crippen LogP contribution in [0.1, 0.15) is 24.2 Å². The van der Waals surface area contributed by atoms with Gasteiger partial charge in [-0.1, -0.05) is 11.2 Å². The van der Waals surface area contributed by atoms with E-state index in [9.17, 15) is 0 Å². The largest absolute Gasteiger partial charge is 0.385 e. The van der Waals surface area contributed by atoms with Crippen LogP contribution in [0.3, 0.4) is 0 Å². The van der Waals surface area contributed by atoms with Crippen molar-refractivity contribution >= 4 is 5.69 Å². The summed E-state index contributed by atoms with van der Waals surface area (Å²) in [5.74, 6) is 1.37. The third kappa shape index (κ3) is 2.67. The van der Waals surface area contributed by atoms with Crippen LogP contribution in [0.25, 0.3) is 11.5 Å². The summed E-state index contributed by atoms with van der Waals surface area (Å²) in [5.41, 5.74) is 3.53. The summed E-state index contributed by atoms with van der Waals surface area (Å²) in [6, 6.07) is 6.19. The molecule has 0 saturated carbocycles. The average molecular weight is 273 g/mol. The molecule has 0 saturated heterocycles. The number of nitrogens with zero attached hydrogens (tertiary/aromatic N) is 2. The lowest BCUT2D eigenvalue weighted by molar-refractivity contribution is 0.194. The quantitative estimate of drug-likeness (QED) is 0.849. The number of ether oxygens (including phenoxy) is 1. The smallest absolute Gasteiger partial charge is 0.258 e. The van der Waals surface area contributed by atoms with Crippen LogP contribution < -0.4 is 5.32 Å². The van der Waals surface area contributed by atoms with Crippen LogP contribution >= 0.6 is 0 Å². The van der Waals surface area contributed by atoms with Gasteiger partial charge in [-0.2, -0.15) is 4.98 Å². The normalized spacial score (nSPS) is 13.8. The molecule has 2 aromatic rings. The van der Waals surface area contributed by atoms with Gasteiger partial charge < -0.3 is 14.6 Å². The van der Waals surface area contributed by atoms with Crippen LogP contribution in [0.2, 0.25) is 0 Å². The number of rotatable bonds is 5. The SMILES string of the molecule is COCCCc1noc(-c2cccc3c2CCCN3)n1. The van der Waals surface area contributed by atoms with Gasteiger partial charge in [0.2, 0.25) is 0 Å². The van der Waals surface area contributed by atoms with Gasteiger partial charge in [-0.3, -0.25) is 0 Å². The minimum atomic E-state index is 0.623. The topological polar surface area (TPSA) is 60.2 Å². The maximum atomic E-state index is 5.42. The third-order valence-corrected chi connectivity index (χ3v) is 3.54. The molecule has 0 fully saturated rings. The van der Waals surface area contributed by atoms with E-state index in [0.717, 1.165) is 43.6 Å². The lowest BCUT2D eigenvalue weighted by Gasteiger charge is -2.19. The maximum Gasteiger partial charge on any atom is 0.258 e. The molecule has 1 aromatic heterocycles. The first-order valence-electron chi connectivity index (χ1n) is 7.06. The highest BCUT2D eigenvalue weighted by Gasteiger charge is 2.17. The maximum absolute atomic E-state index is 5.42. The summed E-state index contributed by atoms with van der Waals surface area (Å²) in [5, 5.41) is 7.47. The Balaban J connectivity index is 1.82. The fourth-order valence-corrected chi connectivity index (χ4v) is 2.55. The monoisotopic (exact) mass is 273 g/mol. The van der Waals surface area contributed by atoms with Crippen LogP contribution in [-0.4, -0.2) is 30.4 Å². The molecular weight excluding hydrogens is 254 g/mol. The molecule has 5 heteroatoms. The van der Waals surface area contributed by atoms with E-state index in [1.165, 1.54) is 11.3 Å². The Kier molecular flexibility index (Phi) is 3.97. The van der Waals surface area contributed by atoms with E-state index in [2.05, 4.69) is 27.6 Å². The lowest BCUT2D eigenvalue weighted by atomic mass is 9.97. The highest BCUT2D eigenvalue weighted by Crippen LogP contribution is 2.31. The zero-order valence-corrected chi connectivity index (χ0v) is 11.7. The molecule has 0 unspecified atom stereocenters. The van der Waals surface area contributed by atoms with Crippen molar-refractivity contribution in [3.05, 3.63) is 29.6 Å². The van der Waals surface area contributed by atoms with Gasteiger partial charge in [-0.05, 0) is 37.0 Å². The van der Waals surface area contributed by atoms with E-state index in [1.807, 2.05) is 6.07 Å². The van der Waals surface area contributed by atoms with E-state index in [-0.39, 0.29) is 0 Å². The Bertz CT molecular complexity index is 580. The lowest BCUT2D eigenvalue weighted by Crippen LogP contribution is -2.12. The van der Waals surface area contributed by atoms with Gasteiger partial charge in [0.05, 0.1) is 0 Å². The summed E-state index contributed by atoms with van der Waals surface area (Å²) in [7, 11) is 1.70. The summed E-state index contributed by atoms with van der Waals surface area (Å²) in [6.45, 7) is 1.75. The number of aromatic nitrogens is 2. The summed E-state index contributed by atoms with van der Waals surface area (Å²) < 4.78 is 10.5. The Labute approximate surface area is 118 Å². The van der Waals surface area contributed by atoms with E-state index in [4.69, 9.17) is 9.26 Å². The zero-order chi connectivity index (χ0) is 13.8. The molecule has 1 aromatic carbocycles. The highest BCUT2D eigenvalue weighted by atomic mass is 16.5. The molecule has 5 nitrogen and oxygen atoms in total. The van der Waals surface area contributed by atoms with Gasteiger partial charge in [0.1, 0.15) is 0 Å². The number of hydrogen-bond donors (Lipinski definition) is 1. The molecule has 3 rings (SSSR count). The first-order valence-corrected chi connectivity index (χ1v) is 7.06. The Morgan fingerprint density at radius 3 is 3.25 bits per heavy atom. The standard InChI is InChI=1S/C15H19N3O2/c1-19-10-4-8-14-17-15(20-18-14)12-5-2-7-13-11(12)6-3-9-16-13/h2,5,7,16H,3-4,6,8-10H2,1H3. The second-order valence-corrected chi connectivity index (χ2v) is 4.97. The molecule has 0 atom stereocenters. The number of aryl methyl sites for hydroxylation is 1. The van der Waals surface area contributed by atoms with Gasteiger partial charge >= 0.3 is 0 Å². The molecule has 1 aliphatic heterocycles. The molecule has 0 aliphatic carbocycles. The van der Waals surface area contributed by atoms with E-state index in [0.29, 0.717) is 12.5 Å². The second-order valence-electron chi connectivity index (χ2n) is 4.97. The number of fused-ring (bicyclic) bond motifs is 1. The fourth-order valence-electron chi connectivity index (χ4n) is 2.55. The fraction of sp³-hybridized carbons (Fsp3) is 0.467. The van der Waals surface area contributed by atoms with Crippen molar-refractivity contribution < 1.29 is 9.26 Å². The molecule has 0 bridgehead atoms. The van der Waals surface area contributed by atoms with Crippen LogP contribution in [0.4, 0.5) is 5.69 Å². The Morgan fingerprint density at radius 1 is 1.40 bits per heavy atom. The van der Waals surface area contributed by atoms with Crippen LogP contribution in [0.5, 0.6) is 0 Å². The van der Waals surface area contributed by atoms with Gasteiger partial charge in [-0.25, -0.2) is 0 Å². The molecule has 2 heterocycles. The summed E-state index contributed by atoms with van der Waals surface area (Å²) in [6.07, 6.45) is 3.88. The Morgan fingerprint density at radius 2 is 2.35 bits per heavy atom. The van der Waals surface area contributed by atoms with Crippen LogP contribution in [0, 0.1) is 0 Å². The van der Waals surface area contributed by atoms with Crippen molar-refractivity contribution in [2.75, 3.05) is 25.6 Å². The van der Waals surface area contributed by atoms with Crippen molar-refractivity contribution in [1.82, 2.24) is 10.1 Å². The Hall–Kier alpha value is -1.88. The van der Waals surface area contributed by atoms with Gasteiger partial charge in [0.15, 0.2) is 5.82 Å². The van der Waals surface area contributed by atoms with E-state index < -0.39 is 0 Å². The van der Waals surface area contributed by atoms with E-state index >= 15 is 0 Å². The van der Waals surface area contributed by atoms with Crippen molar-refractivity contribution in [2.24, 2.45) is 0 Å². The number of methoxy groups -OCH3 is 1.